The molecule has 1 aromatic carbocycles. The first-order valence-electron chi connectivity index (χ1n) is 11.9. The largest absolute Gasteiger partial charge is 0.493 e. The number of urea groups is 1. The zero-order valence-corrected chi connectivity index (χ0v) is 22.8. The van der Waals surface area contributed by atoms with Crippen molar-refractivity contribution in [3.05, 3.63) is 46.6 Å². The Labute approximate surface area is 229 Å². The quantitative estimate of drug-likeness (QED) is 0.463. The van der Waals surface area contributed by atoms with Crippen LogP contribution in [-0.4, -0.2) is 85.8 Å². The molecule has 0 aliphatic carbocycles. The number of hydrogen-bond acceptors (Lipinski definition) is 12. The third kappa shape index (κ3) is 4.81. The summed E-state index contributed by atoms with van der Waals surface area (Å²) in [5, 5.41) is 13.4. The number of imide groups is 1. The number of nitrogens with two attached hydrogens (primary N) is 1. The van der Waals surface area contributed by atoms with E-state index in [4.69, 9.17) is 24.7 Å². The number of nitriles is 1. The number of aliphatic imine (C=N–C) groups is 1. The van der Waals surface area contributed by atoms with Crippen LogP contribution in [-0.2, 0) is 19.1 Å². The van der Waals surface area contributed by atoms with E-state index in [1.54, 1.807) is 32.2 Å². The van der Waals surface area contributed by atoms with Gasteiger partial charge in [0.25, 0.3) is 5.91 Å². The van der Waals surface area contributed by atoms with E-state index in [1.807, 2.05) is 0 Å². The molecule has 0 unspecified atom stereocenters. The summed E-state index contributed by atoms with van der Waals surface area (Å²) in [6.07, 6.45) is -0.710. The van der Waals surface area contributed by atoms with Crippen molar-refractivity contribution in [2.45, 2.75) is 25.0 Å². The van der Waals surface area contributed by atoms with Gasteiger partial charge >= 0.3 is 12.0 Å². The molecule has 206 valence electrons. The summed E-state index contributed by atoms with van der Waals surface area (Å²) in [6.45, 7) is 1.75. The van der Waals surface area contributed by atoms with E-state index in [2.05, 4.69) is 16.4 Å². The number of amidine groups is 1. The number of hydrogen-bond donors (Lipinski definition) is 2. The average Bonchev–Trinajstić information content (AvgIpc) is 3.37. The fourth-order valence-electron chi connectivity index (χ4n) is 4.61. The number of nitrogens with one attached hydrogen (secondary N) is 1. The number of esters is 1. The maximum Gasteiger partial charge on any atom is 0.338 e. The van der Waals surface area contributed by atoms with Crippen LogP contribution in [0.4, 0.5) is 4.79 Å². The van der Waals surface area contributed by atoms with Gasteiger partial charge < -0.3 is 34.9 Å². The second-order valence-corrected chi connectivity index (χ2v) is 9.58. The molecule has 3 amide bonds. The first-order chi connectivity index (χ1) is 18.7. The Bertz CT molecular complexity index is 1350. The molecule has 1 fully saturated rings. The molecule has 0 radical (unpaired) electrons. The number of nitrogens with zero attached hydrogens (tertiary/aromatic N) is 4. The maximum absolute atomic E-state index is 13.3. The van der Waals surface area contributed by atoms with Gasteiger partial charge in [-0.25, -0.2) is 14.6 Å². The van der Waals surface area contributed by atoms with Crippen LogP contribution < -0.4 is 20.5 Å². The summed E-state index contributed by atoms with van der Waals surface area (Å²) in [4.78, 5) is 45.2. The number of carbonyl (C=O) groups excluding carboxylic acids is 3. The minimum atomic E-state index is -0.969. The SMILES string of the molecule is CCOC(=O)C1=C(CSC2=N[C@@H]3[C@@H](N2)C(=O)N(C)C(=O)N3C)OC(N)=C(C#N)[C@@H]1c1cccc(OC)c1OC. The van der Waals surface area contributed by atoms with Crippen molar-refractivity contribution in [2.24, 2.45) is 10.7 Å². The molecule has 3 aliphatic heterocycles. The molecular formula is C25H28N6O7S. The highest BCUT2D eigenvalue weighted by Crippen LogP contribution is 2.46. The standard InChI is InChI=1S/C25H28N6O7S/c1-6-37-23(33)17-15(11-39-24-28-18-21(29-24)30(2)25(34)31(3)22(18)32)38-20(27)13(10-26)16(17)12-8-7-9-14(35-4)19(12)36-5/h7-9,16,18,21H,6,11,27H2,1-5H3,(H,28,29)/t16-,18+,21-/m0/s1. The van der Waals surface area contributed by atoms with Crippen molar-refractivity contribution >= 4 is 34.8 Å². The first-order valence-corrected chi connectivity index (χ1v) is 12.9. The molecule has 1 saturated heterocycles. The fourth-order valence-corrected chi connectivity index (χ4v) is 5.49. The van der Waals surface area contributed by atoms with Crippen molar-refractivity contribution in [1.29, 1.82) is 5.26 Å². The normalized spacial score (nSPS) is 22.6. The number of fused-ring (bicyclic) bond motifs is 1. The molecule has 3 aliphatic rings. The zero-order valence-electron chi connectivity index (χ0n) is 22.0. The van der Waals surface area contributed by atoms with Crippen LogP contribution >= 0.6 is 11.8 Å². The van der Waals surface area contributed by atoms with Gasteiger partial charge in [-0.2, -0.15) is 5.26 Å². The molecule has 3 N–H and O–H groups in total. The minimum Gasteiger partial charge on any atom is -0.493 e. The fraction of sp³-hybridized carbons (Fsp3) is 0.400. The Morgan fingerprint density at radius 2 is 2.03 bits per heavy atom. The van der Waals surface area contributed by atoms with Crippen molar-refractivity contribution in [2.75, 3.05) is 40.7 Å². The Hall–Kier alpha value is -4.38. The Morgan fingerprint density at radius 1 is 1.28 bits per heavy atom. The predicted molar refractivity (Wildman–Crippen MR) is 140 cm³/mol. The summed E-state index contributed by atoms with van der Waals surface area (Å²) in [5.74, 6) is -1.32. The molecule has 1 aromatic rings. The second kappa shape index (κ2) is 11.2. The topological polar surface area (TPSA) is 169 Å². The Balaban J connectivity index is 1.74. The molecule has 4 rings (SSSR count). The summed E-state index contributed by atoms with van der Waals surface area (Å²) in [5.41, 5.74) is 6.72. The van der Waals surface area contributed by atoms with E-state index in [1.165, 1.54) is 26.2 Å². The van der Waals surface area contributed by atoms with Gasteiger partial charge in [-0.1, -0.05) is 23.9 Å². The number of thioether (sulfide) groups is 1. The lowest BCUT2D eigenvalue weighted by Gasteiger charge is -2.36. The van der Waals surface area contributed by atoms with Gasteiger partial charge in [0.15, 0.2) is 22.8 Å². The number of methoxy groups -OCH3 is 2. The third-order valence-electron chi connectivity index (χ3n) is 6.49. The van der Waals surface area contributed by atoms with Crippen LogP contribution in [0.15, 0.2) is 46.0 Å². The van der Waals surface area contributed by atoms with Gasteiger partial charge in [-0.05, 0) is 13.0 Å². The van der Waals surface area contributed by atoms with Crippen LogP contribution in [0.1, 0.15) is 18.4 Å². The second-order valence-electron chi connectivity index (χ2n) is 8.61. The lowest BCUT2D eigenvalue weighted by atomic mass is 9.82. The zero-order chi connectivity index (χ0) is 28.4. The van der Waals surface area contributed by atoms with Gasteiger partial charge in [-0.3, -0.25) is 9.69 Å². The number of ether oxygens (including phenoxy) is 4. The van der Waals surface area contributed by atoms with E-state index < -0.39 is 36.0 Å². The highest BCUT2D eigenvalue weighted by molar-refractivity contribution is 8.14. The Morgan fingerprint density at radius 3 is 2.67 bits per heavy atom. The van der Waals surface area contributed by atoms with Crippen molar-refractivity contribution < 1.29 is 33.3 Å². The van der Waals surface area contributed by atoms with E-state index in [0.29, 0.717) is 22.2 Å². The molecule has 0 bridgehead atoms. The van der Waals surface area contributed by atoms with Crippen molar-refractivity contribution in [3.8, 4) is 17.6 Å². The number of amides is 3. The number of carbonyl (C=O) groups is 3. The molecule has 13 nitrogen and oxygen atoms in total. The average molecular weight is 557 g/mol. The van der Waals surface area contributed by atoms with Crippen LogP contribution in [0.3, 0.4) is 0 Å². The molecule has 39 heavy (non-hydrogen) atoms. The summed E-state index contributed by atoms with van der Waals surface area (Å²) < 4.78 is 22.2. The van der Waals surface area contributed by atoms with Gasteiger partial charge in [0.05, 0.1) is 38.1 Å². The molecule has 14 heteroatoms. The van der Waals surface area contributed by atoms with E-state index in [0.717, 1.165) is 16.7 Å². The minimum absolute atomic E-state index is 0.00878. The number of para-hydroxylation sites is 1. The monoisotopic (exact) mass is 556 g/mol. The highest BCUT2D eigenvalue weighted by atomic mass is 32.2. The number of rotatable bonds is 7. The van der Waals surface area contributed by atoms with Crippen LogP contribution in [0, 0.1) is 11.3 Å². The van der Waals surface area contributed by atoms with E-state index in [-0.39, 0.29) is 35.1 Å². The van der Waals surface area contributed by atoms with Gasteiger partial charge in [-0.15, -0.1) is 0 Å². The Kier molecular flexibility index (Phi) is 7.91. The smallest absolute Gasteiger partial charge is 0.338 e. The highest BCUT2D eigenvalue weighted by Gasteiger charge is 2.47. The predicted octanol–water partition coefficient (Wildman–Crippen LogP) is 1.24. The lowest BCUT2D eigenvalue weighted by molar-refractivity contribution is -0.139. The molecule has 0 spiro atoms. The lowest BCUT2D eigenvalue weighted by Crippen LogP contribution is -2.63. The molecule has 0 saturated carbocycles. The number of likely N-dealkylation sites (N-methyl/N-ethyl adjacent to an activating group) is 2. The van der Waals surface area contributed by atoms with Crippen LogP contribution in [0.5, 0.6) is 11.5 Å². The number of benzene rings is 1. The van der Waals surface area contributed by atoms with Crippen LogP contribution in [0.2, 0.25) is 0 Å². The molecule has 3 atom stereocenters. The molecule has 3 heterocycles. The van der Waals surface area contributed by atoms with Gasteiger partial charge in [0.1, 0.15) is 23.4 Å². The van der Waals surface area contributed by atoms with Gasteiger partial charge in [0, 0.05) is 19.7 Å². The van der Waals surface area contributed by atoms with Crippen molar-refractivity contribution in [3.63, 3.8) is 0 Å². The third-order valence-corrected chi connectivity index (χ3v) is 7.39. The number of allylic oxidation sites excluding steroid dienone is 1. The summed E-state index contributed by atoms with van der Waals surface area (Å²) in [6, 6.07) is 5.96. The van der Waals surface area contributed by atoms with E-state index >= 15 is 0 Å². The summed E-state index contributed by atoms with van der Waals surface area (Å²) >= 11 is 1.15. The van der Waals surface area contributed by atoms with Gasteiger partial charge in [0.2, 0.25) is 5.88 Å². The first kappa shape index (κ1) is 27.6. The van der Waals surface area contributed by atoms with Crippen LogP contribution in [0.25, 0.3) is 0 Å². The maximum atomic E-state index is 13.3. The van der Waals surface area contributed by atoms with E-state index in [9.17, 15) is 19.6 Å². The molecular weight excluding hydrogens is 528 g/mol. The molecule has 0 aromatic heterocycles. The van der Waals surface area contributed by atoms with Crippen molar-refractivity contribution in [1.82, 2.24) is 15.1 Å². The summed E-state index contributed by atoms with van der Waals surface area (Å²) in [7, 11) is 5.90.